The molecule has 2 N–H and O–H groups in total. The lowest BCUT2D eigenvalue weighted by atomic mass is 9.94. The minimum atomic E-state index is -3.57. The fourth-order valence-electron chi connectivity index (χ4n) is 3.32. The fraction of sp³-hybridized carbons (Fsp3) is 0.611. The van der Waals surface area contributed by atoms with E-state index in [1.54, 1.807) is 22.5 Å². The van der Waals surface area contributed by atoms with Crippen LogP contribution in [0.4, 0.5) is 0 Å². The second-order valence-electron chi connectivity index (χ2n) is 7.01. The summed E-state index contributed by atoms with van der Waals surface area (Å²) in [6, 6.07) is 6.32. The zero-order valence-electron chi connectivity index (χ0n) is 15.3. The van der Waals surface area contributed by atoms with Crippen molar-refractivity contribution in [2.45, 2.75) is 31.6 Å². The van der Waals surface area contributed by atoms with Crippen LogP contribution in [0.2, 0.25) is 0 Å². The molecule has 2 unspecified atom stereocenters. The number of carbonyl (C=O) groups is 1. The van der Waals surface area contributed by atoms with Crippen LogP contribution in [0.3, 0.4) is 0 Å². The number of carbonyl (C=O) groups excluding carboxylic acids is 1. The van der Waals surface area contributed by atoms with Gasteiger partial charge in [0.2, 0.25) is 10.0 Å². The largest absolute Gasteiger partial charge is 0.352 e. The molecule has 140 valence electrons. The third kappa shape index (κ3) is 5.26. The first-order valence-corrected chi connectivity index (χ1v) is 10.3. The molecule has 1 aliphatic heterocycles. The molecule has 7 heteroatoms. The predicted molar refractivity (Wildman–Crippen MR) is 99.0 cm³/mol. The third-order valence-electron chi connectivity index (χ3n) is 4.46. The second-order valence-corrected chi connectivity index (χ2v) is 8.95. The summed E-state index contributed by atoms with van der Waals surface area (Å²) in [5.41, 5.74) is 0.378. The van der Waals surface area contributed by atoms with E-state index in [2.05, 4.69) is 24.5 Å². The Labute approximate surface area is 151 Å². The van der Waals surface area contributed by atoms with E-state index in [4.69, 9.17) is 0 Å². The quantitative estimate of drug-likeness (QED) is 0.719. The van der Waals surface area contributed by atoms with Crippen molar-refractivity contribution in [3.63, 3.8) is 0 Å². The maximum atomic E-state index is 12.9. The summed E-state index contributed by atoms with van der Waals surface area (Å²) in [5.74, 6) is 0.447. The van der Waals surface area contributed by atoms with E-state index < -0.39 is 10.0 Å². The molecule has 1 heterocycles. The Balaban J connectivity index is 2.12. The molecule has 0 saturated carbocycles. The molecule has 2 rings (SSSR count). The Morgan fingerprint density at radius 1 is 1.20 bits per heavy atom. The van der Waals surface area contributed by atoms with Crippen LogP contribution in [0.1, 0.15) is 37.0 Å². The highest BCUT2D eigenvalue weighted by atomic mass is 32.2. The first kappa shape index (κ1) is 19.9. The fourth-order valence-corrected chi connectivity index (χ4v) is 5.04. The van der Waals surface area contributed by atoms with Crippen LogP contribution in [-0.4, -0.2) is 51.9 Å². The van der Waals surface area contributed by atoms with E-state index in [9.17, 15) is 13.2 Å². The summed E-state index contributed by atoms with van der Waals surface area (Å²) in [6.45, 7) is 6.60. The van der Waals surface area contributed by atoms with Crippen LogP contribution >= 0.6 is 0 Å². The molecule has 0 radical (unpaired) electrons. The summed E-state index contributed by atoms with van der Waals surface area (Å²) in [6.07, 6.45) is 1.87. The molecule has 1 saturated heterocycles. The van der Waals surface area contributed by atoms with E-state index in [0.717, 1.165) is 19.4 Å². The summed E-state index contributed by atoms with van der Waals surface area (Å²) in [5, 5.41) is 5.84. The number of hydrogen-bond acceptors (Lipinski definition) is 4. The van der Waals surface area contributed by atoms with E-state index in [0.29, 0.717) is 37.0 Å². The van der Waals surface area contributed by atoms with Gasteiger partial charge in [0, 0.05) is 25.2 Å². The number of rotatable bonds is 7. The summed E-state index contributed by atoms with van der Waals surface area (Å²) >= 11 is 0. The number of nitrogens with one attached hydrogen (secondary N) is 2. The molecule has 2 atom stereocenters. The number of benzene rings is 1. The zero-order chi connectivity index (χ0) is 18.4. The van der Waals surface area contributed by atoms with Crippen LogP contribution in [0.5, 0.6) is 0 Å². The first-order chi connectivity index (χ1) is 11.8. The van der Waals surface area contributed by atoms with Crippen molar-refractivity contribution in [3.05, 3.63) is 29.8 Å². The maximum Gasteiger partial charge on any atom is 0.251 e. The Kier molecular flexibility index (Phi) is 6.98. The Hall–Kier alpha value is -1.44. The van der Waals surface area contributed by atoms with Gasteiger partial charge in [-0.3, -0.25) is 4.79 Å². The molecular weight excluding hydrogens is 338 g/mol. The smallest absolute Gasteiger partial charge is 0.251 e. The van der Waals surface area contributed by atoms with E-state index >= 15 is 0 Å². The summed E-state index contributed by atoms with van der Waals surface area (Å²) in [4.78, 5) is 12.4. The number of piperidine rings is 1. The molecule has 1 aromatic carbocycles. The highest BCUT2D eigenvalue weighted by Crippen LogP contribution is 2.26. The van der Waals surface area contributed by atoms with Gasteiger partial charge in [-0.05, 0) is 56.5 Å². The van der Waals surface area contributed by atoms with Crippen LogP contribution in [0.15, 0.2) is 29.2 Å². The summed E-state index contributed by atoms with van der Waals surface area (Å²) in [7, 11) is -1.71. The van der Waals surface area contributed by atoms with E-state index in [1.165, 1.54) is 6.07 Å². The maximum absolute atomic E-state index is 12.9. The topological polar surface area (TPSA) is 78.5 Å². The Bertz CT molecular complexity index is 681. The van der Waals surface area contributed by atoms with Crippen molar-refractivity contribution in [1.29, 1.82) is 0 Å². The van der Waals surface area contributed by atoms with Gasteiger partial charge in [-0.25, -0.2) is 8.42 Å². The third-order valence-corrected chi connectivity index (χ3v) is 6.29. The molecular formula is C18H29N3O3S. The normalized spacial score (nSPS) is 21.9. The van der Waals surface area contributed by atoms with Crippen molar-refractivity contribution in [1.82, 2.24) is 14.9 Å². The number of nitrogens with zero attached hydrogens (tertiary/aromatic N) is 1. The molecule has 0 aromatic heterocycles. The molecule has 0 spiro atoms. The van der Waals surface area contributed by atoms with Crippen LogP contribution in [0.25, 0.3) is 0 Å². The van der Waals surface area contributed by atoms with E-state index in [-0.39, 0.29) is 10.8 Å². The minimum Gasteiger partial charge on any atom is -0.352 e. The Morgan fingerprint density at radius 2 is 1.88 bits per heavy atom. The number of hydrogen-bond donors (Lipinski definition) is 2. The average Bonchev–Trinajstić information content (AvgIpc) is 2.58. The lowest BCUT2D eigenvalue weighted by Gasteiger charge is -2.34. The van der Waals surface area contributed by atoms with Gasteiger partial charge in [0.15, 0.2) is 0 Å². The van der Waals surface area contributed by atoms with Crippen LogP contribution in [0, 0.1) is 11.8 Å². The highest BCUT2D eigenvalue weighted by Gasteiger charge is 2.31. The molecule has 1 aliphatic rings. The molecule has 1 aromatic rings. The van der Waals surface area contributed by atoms with Gasteiger partial charge >= 0.3 is 0 Å². The van der Waals surface area contributed by atoms with Gasteiger partial charge in [0.05, 0.1) is 4.90 Å². The van der Waals surface area contributed by atoms with Gasteiger partial charge in [-0.2, -0.15) is 4.31 Å². The second kappa shape index (κ2) is 8.78. The molecule has 0 aliphatic carbocycles. The zero-order valence-corrected chi connectivity index (χ0v) is 16.1. The lowest BCUT2D eigenvalue weighted by Crippen LogP contribution is -2.42. The number of amides is 1. The Morgan fingerprint density at radius 3 is 2.52 bits per heavy atom. The van der Waals surface area contributed by atoms with Crippen LogP contribution < -0.4 is 10.6 Å². The van der Waals surface area contributed by atoms with Gasteiger partial charge in [0.25, 0.3) is 5.91 Å². The van der Waals surface area contributed by atoms with Crippen molar-refractivity contribution in [2.24, 2.45) is 11.8 Å². The minimum absolute atomic E-state index is 0.191. The summed E-state index contributed by atoms with van der Waals surface area (Å²) < 4.78 is 27.4. The number of sulfonamides is 1. The van der Waals surface area contributed by atoms with Gasteiger partial charge in [-0.15, -0.1) is 0 Å². The molecule has 6 nitrogen and oxygen atoms in total. The van der Waals surface area contributed by atoms with Gasteiger partial charge < -0.3 is 10.6 Å². The molecule has 1 fully saturated rings. The lowest BCUT2D eigenvalue weighted by molar-refractivity contribution is 0.0953. The van der Waals surface area contributed by atoms with Gasteiger partial charge in [0.1, 0.15) is 0 Å². The predicted octanol–water partition coefficient (Wildman–Crippen LogP) is 1.69. The monoisotopic (exact) mass is 367 g/mol. The molecule has 0 bridgehead atoms. The van der Waals surface area contributed by atoms with Gasteiger partial charge in [-0.1, -0.05) is 19.9 Å². The van der Waals surface area contributed by atoms with Crippen molar-refractivity contribution in [2.75, 3.05) is 33.2 Å². The van der Waals surface area contributed by atoms with Crippen molar-refractivity contribution in [3.8, 4) is 0 Å². The van der Waals surface area contributed by atoms with Crippen molar-refractivity contribution < 1.29 is 13.2 Å². The van der Waals surface area contributed by atoms with E-state index in [1.807, 2.05) is 7.05 Å². The average molecular weight is 368 g/mol. The first-order valence-electron chi connectivity index (χ1n) is 8.87. The molecule has 25 heavy (non-hydrogen) atoms. The highest BCUT2D eigenvalue weighted by molar-refractivity contribution is 7.89. The van der Waals surface area contributed by atoms with Crippen LogP contribution in [-0.2, 0) is 10.0 Å². The van der Waals surface area contributed by atoms with Crippen molar-refractivity contribution >= 4 is 15.9 Å². The molecule has 1 amide bonds. The standard InChI is InChI=1S/C18H29N3O3S/c1-14-10-15(2)13-21(12-14)25(23,24)17-7-4-6-16(11-17)18(22)20-9-5-8-19-3/h4,6-7,11,14-15,19H,5,8-10,12-13H2,1-3H3,(H,20,22). The SMILES string of the molecule is CNCCCNC(=O)c1cccc(S(=O)(=O)N2CC(C)CC(C)C2)c1.